The molecule has 0 bridgehead atoms. The first-order valence-corrected chi connectivity index (χ1v) is 7.29. The van der Waals surface area contributed by atoms with Gasteiger partial charge < -0.3 is 14.8 Å². The Hall–Kier alpha value is -2.63. The van der Waals surface area contributed by atoms with Gasteiger partial charge in [-0.05, 0) is 11.6 Å². The Morgan fingerprint density at radius 3 is 2.43 bits per heavy atom. The van der Waals surface area contributed by atoms with Gasteiger partial charge in [-0.25, -0.2) is 0 Å². The molecule has 0 radical (unpaired) electrons. The van der Waals surface area contributed by atoms with Crippen LogP contribution in [-0.4, -0.2) is 37.1 Å². The molecule has 1 rings (SSSR count). The summed E-state index contributed by atoms with van der Waals surface area (Å²) in [6.45, 7) is 2.87. The Kier molecular flexibility index (Phi) is 8.13. The summed E-state index contributed by atoms with van der Waals surface area (Å²) in [6, 6.07) is 9.41. The first-order chi connectivity index (χ1) is 11.0. The van der Waals surface area contributed by atoms with Crippen LogP contribution in [0.15, 0.2) is 36.4 Å². The third-order valence-electron chi connectivity index (χ3n) is 2.81. The molecule has 124 valence electrons. The minimum Gasteiger partial charge on any atom is -0.466 e. The number of ether oxygens (including phenoxy) is 2. The van der Waals surface area contributed by atoms with Crippen molar-refractivity contribution < 1.29 is 23.9 Å². The zero-order valence-corrected chi connectivity index (χ0v) is 13.3. The zero-order chi connectivity index (χ0) is 17.1. The second kappa shape index (κ2) is 10.2. The summed E-state index contributed by atoms with van der Waals surface area (Å²) in [5.74, 6) is -1.15. The fourth-order valence-corrected chi connectivity index (χ4v) is 1.78. The second-order valence-electron chi connectivity index (χ2n) is 4.85. The third-order valence-corrected chi connectivity index (χ3v) is 2.81. The van der Waals surface area contributed by atoms with E-state index in [9.17, 15) is 14.4 Å². The highest BCUT2D eigenvalue weighted by molar-refractivity contribution is 5.91. The predicted molar refractivity (Wildman–Crippen MR) is 85.3 cm³/mol. The van der Waals surface area contributed by atoms with E-state index < -0.39 is 18.0 Å². The summed E-state index contributed by atoms with van der Waals surface area (Å²) in [7, 11) is 0. The molecule has 0 aliphatic rings. The molecule has 1 amide bonds. The highest BCUT2D eigenvalue weighted by Gasteiger charge is 2.13. The van der Waals surface area contributed by atoms with Crippen LogP contribution in [0.5, 0.6) is 0 Å². The van der Waals surface area contributed by atoms with Gasteiger partial charge in [0.1, 0.15) is 6.10 Å². The van der Waals surface area contributed by atoms with Crippen LogP contribution < -0.4 is 5.32 Å². The van der Waals surface area contributed by atoms with E-state index in [2.05, 4.69) is 5.32 Å². The highest BCUT2D eigenvalue weighted by atomic mass is 16.6. The van der Waals surface area contributed by atoms with Crippen molar-refractivity contribution in [2.75, 3.05) is 13.2 Å². The number of nitrogens with one attached hydrogen (secondary N) is 1. The van der Waals surface area contributed by atoms with Crippen molar-refractivity contribution >= 4 is 23.9 Å². The minimum absolute atomic E-state index is 0.128. The van der Waals surface area contributed by atoms with Crippen LogP contribution >= 0.6 is 0 Å². The van der Waals surface area contributed by atoms with Gasteiger partial charge in [0.15, 0.2) is 0 Å². The summed E-state index contributed by atoms with van der Waals surface area (Å²) >= 11 is 0. The van der Waals surface area contributed by atoms with Crippen molar-refractivity contribution in [3.8, 4) is 0 Å². The number of hydrogen-bond acceptors (Lipinski definition) is 5. The molecule has 0 spiro atoms. The number of amides is 1. The second-order valence-corrected chi connectivity index (χ2v) is 4.85. The molecule has 1 atom stereocenters. The van der Waals surface area contributed by atoms with E-state index in [-0.39, 0.29) is 19.1 Å². The lowest BCUT2D eigenvalue weighted by molar-refractivity contribution is -0.148. The van der Waals surface area contributed by atoms with E-state index in [1.54, 1.807) is 6.08 Å². The van der Waals surface area contributed by atoms with Gasteiger partial charge in [0.2, 0.25) is 5.91 Å². The number of esters is 2. The van der Waals surface area contributed by atoms with Gasteiger partial charge in [-0.2, -0.15) is 0 Å². The topological polar surface area (TPSA) is 81.7 Å². The van der Waals surface area contributed by atoms with E-state index in [0.717, 1.165) is 5.56 Å². The average molecular weight is 319 g/mol. The normalized spacial score (nSPS) is 11.7. The summed E-state index contributed by atoms with van der Waals surface area (Å²) < 4.78 is 9.89. The molecule has 1 aromatic rings. The maximum Gasteiger partial charge on any atom is 0.302 e. The molecule has 0 aliphatic heterocycles. The number of benzene rings is 1. The van der Waals surface area contributed by atoms with E-state index in [0.29, 0.717) is 6.42 Å². The van der Waals surface area contributed by atoms with Crippen LogP contribution in [0.4, 0.5) is 0 Å². The van der Waals surface area contributed by atoms with Crippen LogP contribution in [-0.2, 0) is 23.9 Å². The van der Waals surface area contributed by atoms with Crippen LogP contribution in [0, 0.1) is 0 Å². The lowest BCUT2D eigenvalue weighted by Gasteiger charge is -2.17. The van der Waals surface area contributed by atoms with Crippen molar-refractivity contribution in [2.24, 2.45) is 0 Å². The molecule has 0 fully saturated rings. The lowest BCUT2D eigenvalue weighted by Crippen LogP contribution is -2.34. The number of rotatable bonds is 8. The lowest BCUT2D eigenvalue weighted by atomic mass is 10.2. The monoisotopic (exact) mass is 319 g/mol. The molecule has 0 heterocycles. The molecule has 0 saturated heterocycles. The first-order valence-electron chi connectivity index (χ1n) is 7.29. The summed E-state index contributed by atoms with van der Waals surface area (Å²) in [4.78, 5) is 33.5. The van der Waals surface area contributed by atoms with Gasteiger partial charge in [0.05, 0.1) is 13.2 Å². The smallest absolute Gasteiger partial charge is 0.302 e. The number of hydrogen-bond donors (Lipinski definition) is 1. The number of carbonyl (C=O) groups excluding carboxylic acids is 3. The molecular weight excluding hydrogens is 298 g/mol. The molecule has 1 unspecified atom stereocenters. The van der Waals surface area contributed by atoms with E-state index in [4.69, 9.17) is 9.47 Å². The van der Waals surface area contributed by atoms with Crippen LogP contribution in [0.2, 0.25) is 0 Å². The molecule has 1 N–H and O–H groups in total. The van der Waals surface area contributed by atoms with Crippen molar-refractivity contribution in [3.63, 3.8) is 0 Å². The fourth-order valence-electron chi connectivity index (χ4n) is 1.78. The predicted octanol–water partition coefficient (Wildman–Crippen LogP) is 1.70. The van der Waals surface area contributed by atoms with Crippen molar-refractivity contribution in [3.05, 3.63) is 42.0 Å². The SMILES string of the molecule is CC(=O)OCCC(CNC(=O)C=Cc1ccccc1)OC(C)=O. The van der Waals surface area contributed by atoms with Gasteiger partial charge in [-0.15, -0.1) is 0 Å². The summed E-state index contributed by atoms with van der Waals surface area (Å²) in [5.41, 5.74) is 0.911. The van der Waals surface area contributed by atoms with Gasteiger partial charge >= 0.3 is 11.9 Å². The standard InChI is InChI=1S/C17H21NO5/c1-13(19)22-11-10-16(23-14(2)20)12-18-17(21)9-8-15-6-4-3-5-7-15/h3-9,16H,10-12H2,1-2H3,(H,18,21). The molecule has 0 aliphatic carbocycles. The Labute approximate surface area is 135 Å². The average Bonchev–Trinajstić information content (AvgIpc) is 2.50. The van der Waals surface area contributed by atoms with Crippen LogP contribution in [0.1, 0.15) is 25.8 Å². The summed E-state index contributed by atoms with van der Waals surface area (Å²) in [6.07, 6.45) is 2.88. The van der Waals surface area contributed by atoms with E-state index >= 15 is 0 Å². The molecule has 0 aromatic heterocycles. The van der Waals surface area contributed by atoms with Crippen molar-refractivity contribution in [1.82, 2.24) is 5.32 Å². The van der Waals surface area contributed by atoms with E-state index in [1.165, 1.54) is 19.9 Å². The Morgan fingerprint density at radius 2 is 1.83 bits per heavy atom. The molecule has 23 heavy (non-hydrogen) atoms. The van der Waals surface area contributed by atoms with Gasteiger partial charge in [0, 0.05) is 26.3 Å². The maximum absolute atomic E-state index is 11.8. The Balaban J connectivity index is 2.42. The summed E-state index contributed by atoms with van der Waals surface area (Å²) in [5, 5.41) is 2.65. The molecule has 6 nitrogen and oxygen atoms in total. The van der Waals surface area contributed by atoms with E-state index in [1.807, 2.05) is 30.3 Å². The highest BCUT2D eigenvalue weighted by Crippen LogP contribution is 2.02. The van der Waals surface area contributed by atoms with Crippen LogP contribution in [0.25, 0.3) is 6.08 Å². The van der Waals surface area contributed by atoms with Gasteiger partial charge in [0.25, 0.3) is 0 Å². The van der Waals surface area contributed by atoms with Crippen molar-refractivity contribution in [1.29, 1.82) is 0 Å². The van der Waals surface area contributed by atoms with Crippen LogP contribution in [0.3, 0.4) is 0 Å². The van der Waals surface area contributed by atoms with Gasteiger partial charge in [-0.3, -0.25) is 14.4 Å². The molecule has 0 saturated carbocycles. The Morgan fingerprint density at radius 1 is 1.13 bits per heavy atom. The largest absolute Gasteiger partial charge is 0.466 e. The molecule has 6 heteroatoms. The zero-order valence-electron chi connectivity index (χ0n) is 13.3. The minimum atomic E-state index is -0.541. The maximum atomic E-state index is 11.8. The quantitative estimate of drug-likeness (QED) is 0.582. The molecule has 1 aromatic carbocycles. The van der Waals surface area contributed by atoms with Crippen molar-refractivity contribution in [2.45, 2.75) is 26.4 Å². The van der Waals surface area contributed by atoms with Gasteiger partial charge in [-0.1, -0.05) is 30.3 Å². The molecular formula is C17H21NO5. The Bertz CT molecular complexity index is 553. The first kappa shape index (κ1) is 18.4. The fraction of sp³-hybridized carbons (Fsp3) is 0.353. The number of carbonyl (C=O) groups is 3. The third kappa shape index (κ3) is 9.08.